The molecule has 0 bridgehead atoms. The van der Waals surface area contributed by atoms with E-state index in [1.54, 1.807) is 6.33 Å². The molecule has 2 N–H and O–H groups in total. The Kier molecular flexibility index (Phi) is 4.42. The summed E-state index contributed by atoms with van der Waals surface area (Å²) in [6.45, 7) is 4.10. The maximum Gasteiger partial charge on any atom is 0.221 e. The number of hydrogen-bond acceptors (Lipinski definition) is 2. The summed E-state index contributed by atoms with van der Waals surface area (Å²) in [6.07, 6.45) is 2.21. The summed E-state index contributed by atoms with van der Waals surface area (Å²) < 4.78 is 0. The third-order valence-electron chi connectivity index (χ3n) is 3.81. The first-order valence-electron chi connectivity index (χ1n) is 7.91. The molecule has 0 aliphatic heterocycles. The molecule has 0 fully saturated rings. The second kappa shape index (κ2) is 6.65. The molecule has 1 heterocycles. The van der Waals surface area contributed by atoms with Crippen molar-refractivity contribution in [1.29, 1.82) is 0 Å². The van der Waals surface area contributed by atoms with Crippen LogP contribution in [-0.4, -0.2) is 15.9 Å². The van der Waals surface area contributed by atoms with Crippen molar-refractivity contribution < 1.29 is 4.79 Å². The Morgan fingerprint density at radius 1 is 1.13 bits per heavy atom. The van der Waals surface area contributed by atoms with Gasteiger partial charge in [0.1, 0.15) is 0 Å². The molecular weight excluding hydrogens is 286 g/mol. The zero-order valence-electron chi connectivity index (χ0n) is 13.4. The van der Waals surface area contributed by atoms with Crippen molar-refractivity contribution in [2.24, 2.45) is 5.92 Å². The highest BCUT2D eigenvalue weighted by molar-refractivity contribution is 5.78. The molecule has 1 aromatic heterocycles. The molecule has 1 atom stereocenters. The lowest BCUT2D eigenvalue weighted by Gasteiger charge is -2.20. The Bertz CT molecular complexity index is 792. The third kappa shape index (κ3) is 3.59. The van der Waals surface area contributed by atoms with E-state index < -0.39 is 0 Å². The van der Waals surface area contributed by atoms with E-state index in [-0.39, 0.29) is 11.9 Å². The van der Waals surface area contributed by atoms with Gasteiger partial charge in [0.2, 0.25) is 5.91 Å². The minimum Gasteiger partial charge on any atom is -0.345 e. The standard InChI is InChI=1S/C19H21N3O/c1-13(2)10-18(23)22-19(14-6-4-3-5-7-14)15-8-9-16-17(11-15)21-12-20-16/h3-9,11-13,19H,10H2,1-2H3,(H,20,21)(H,22,23). The number of nitrogens with zero attached hydrogens (tertiary/aromatic N) is 1. The average molecular weight is 307 g/mol. The smallest absolute Gasteiger partial charge is 0.221 e. The van der Waals surface area contributed by atoms with Crippen LogP contribution in [0.15, 0.2) is 54.9 Å². The highest BCUT2D eigenvalue weighted by Crippen LogP contribution is 2.25. The maximum atomic E-state index is 12.3. The number of imidazole rings is 1. The van der Waals surface area contributed by atoms with Crippen molar-refractivity contribution >= 4 is 16.9 Å². The molecule has 1 amide bonds. The lowest BCUT2D eigenvalue weighted by Crippen LogP contribution is -2.30. The molecule has 1 unspecified atom stereocenters. The number of nitrogens with one attached hydrogen (secondary N) is 2. The Morgan fingerprint density at radius 2 is 1.91 bits per heavy atom. The van der Waals surface area contributed by atoms with Crippen molar-refractivity contribution in [3.8, 4) is 0 Å². The lowest BCUT2D eigenvalue weighted by atomic mass is 9.97. The third-order valence-corrected chi connectivity index (χ3v) is 3.81. The largest absolute Gasteiger partial charge is 0.345 e. The van der Waals surface area contributed by atoms with E-state index in [2.05, 4.69) is 21.4 Å². The predicted octanol–water partition coefficient (Wildman–Crippen LogP) is 3.81. The van der Waals surface area contributed by atoms with Crippen molar-refractivity contribution in [3.05, 3.63) is 66.0 Å². The number of amides is 1. The van der Waals surface area contributed by atoms with Crippen molar-refractivity contribution in [3.63, 3.8) is 0 Å². The Hall–Kier alpha value is -2.62. The first-order chi connectivity index (χ1) is 11.1. The summed E-state index contributed by atoms with van der Waals surface area (Å²) in [5.74, 6) is 0.403. The molecule has 3 aromatic rings. The van der Waals surface area contributed by atoms with E-state index >= 15 is 0 Å². The number of fused-ring (bicyclic) bond motifs is 1. The minimum atomic E-state index is -0.157. The number of benzene rings is 2. The van der Waals surface area contributed by atoms with Crippen LogP contribution in [0.4, 0.5) is 0 Å². The van der Waals surface area contributed by atoms with E-state index in [1.807, 2.05) is 56.3 Å². The van der Waals surface area contributed by atoms with Gasteiger partial charge in [-0.15, -0.1) is 0 Å². The van der Waals surface area contributed by atoms with Crippen LogP contribution in [0.2, 0.25) is 0 Å². The summed E-state index contributed by atoms with van der Waals surface area (Å²) >= 11 is 0. The van der Waals surface area contributed by atoms with E-state index in [0.29, 0.717) is 12.3 Å². The SMILES string of the molecule is CC(C)CC(=O)NC(c1ccccc1)c1ccc2nc[nH]c2c1. The molecule has 118 valence electrons. The van der Waals surface area contributed by atoms with Gasteiger partial charge in [-0.3, -0.25) is 4.79 Å². The highest BCUT2D eigenvalue weighted by atomic mass is 16.1. The second-order valence-electron chi connectivity index (χ2n) is 6.19. The summed E-state index contributed by atoms with van der Waals surface area (Å²) in [5.41, 5.74) is 4.02. The highest BCUT2D eigenvalue weighted by Gasteiger charge is 2.18. The van der Waals surface area contributed by atoms with Gasteiger partial charge < -0.3 is 10.3 Å². The molecule has 0 radical (unpaired) electrons. The molecule has 3 rings (SSSR count). The summed E-state index contributed by atoms with van der Waals surface area (Å²) in [4.78, 5) is 19.7. The Morgan fingerprint density at radius 3 is 2.65 bits per heavy atom. The summed E-state index contributed by atoms with van der Waals surface area (Å²) in [7, 11) is 0. The number of hydrogen-bond donors (Lipinski definition) is 2. The monoisotopic (exact) mass is 307 g/mol. The van der Waals surface area contributed by atoms with E-state index in [9.17, 15) is 4.79 Å². The Balaban J connectivity index is 1.95. The average Bonchev–Trinajstić information content (AvgIpc) is 3.00. The van der Waals surface area contributed by atoms with Crippen LogP contribution in [0.25, 0.3) is 11.0 Å². The van der Waals surface area contributed by atoms with Gasteiger partial charge in [-0.05, 0) is 29.2 Å². The second-order valence-corrected chi connectivity index (χ2v) is 6.19. The lowest BCUT2D eigenvalue weighted by molar-refractivity contribution is -0.122. The van der Waals surface area contributed by atoms with Crippen LogP contribution >= 0.6 is 0 Å². The first-order valence-corrected chi connectivity index (χ1v) is 7.91. The van der Waals surface area contributed by atoms with Gasteiger partial charge >= 0.3 is 0 Å². The molecule has 2 aromatic carbocycles. The summed E-state index contributed by atoms with van der Waals surface area (Å²) in [6, 6.07) is 15.9. The number of carbonyl (C=O) groups excluding carboxylic acids is 1. The number of rotatable bonds is 5. The zero-order chi connectivity index (χ0) is 16.2. The molecule has 0 saturated heterocycles. The molecule has 0 aliphatic rings. The van der Waals surface area contributed by atoms with Crippen LogP contribution < -0.4 is 5.32 Å². The van der Waals surface area contributed by atoms with Crippen molar-refractivity contribution in [1.82, 2.24) is 15.3 Å². The van der Waals surface area contributed by atoms with Crippen molar-refractivity contribution in [2.45, 2.75) is 26.3 Å². The Labute approximate surface area is 136 Å². The quantitative estimate of drug-likeness (QED) is 0.753. The number of carbonyl (C=O) groups is 1. The van der Waals surface area contributed by atoms with Crippen LogP contribution in [0.3, 0.4) is 0 Å². The number of aromatic amines is 1. The fraction of sp³-hybridized carbons (Fsp3) is 0.263. The molecule has 0 spiro atoms. The number of aromatic nitrogens is 2. The first kappa shape index (κ1) is 15.3. The summed E-state index contributed by atoms with van der Waals surface area (Å²) in [5, 5.41) is 3.16. The molecule has 0 aliphatic carbocycles. The zero-order valence-corrected chi connectivity index (χ0v) is 13.4. The van der Waals surface area contributed by atoms with Gasteiger partial charge in [0.05, 0.1) is 23.4 Å². The van der Waals surface area contributed by atoms with Gasteiger partial charge in [0.25, 0.3) is 0 Å². The molecular formula is C19H21N3O. The normalized spacial score (nSPS) is 12.5. The van der Waals surface area contributed by atoms with E-state index in [4.69, 9.17) is 0 Å². The topological polar surface area (TPSA) is 57.8 Å². The van der Waals surface area contributed by atoms with Gasteiger partial charge in [0.15, 0.2) is 0 Å². The van der Waals surface area contributed by atoms with Crippen LogP contribution in [0.5, 0.6) is 0 Å². The minimum absolute atomic E-state index is 0.0681. The molecule has 23 heavy (non-hydrogen) atoms. The molecule has 0 saturated carbocycles. The van der Waals surface area contributed by atoms with Crippen LogP contribution in [-0.2, 0) is 4.79 Å². The molecule has 4 nitrogen and oxygen atoms in total. The van der Waals surface area contributed by atoms with Crippen LogP contribution in [0.1, 0.15) is 37.4 Å². The van der Waals surface area contributed by atoms with Gasteiger partial charge in [0, 0.05) is 6.42 Å². The van der Waals surface area contributed by atoms with Gasteiger partial charge in [-0.2, -0.15) is 0 Å². The predicted molar refractivity (Wildman–Crippen MR) is 92.0 cm³/mol. The van der Waals surface area contributed by atoms with E-state index in [0.717, 1.165) is 22.2 Å². The fourth-order valence-corrected chi connectivity index (χ4v) is 2.73. The van der Waals surface area contributed by atoms with Crippen molar-refractivity contribution in [2.75, 3.05) is 0 Å². The maximum absolute atomic E-state index is 12.3. The van der Waals surface area contributed by atoms with Crippen LogP contribution in [0, 0.1) is 5.92 Å². The number of H-pyrrole nitrogens is 1. The molecule has 4 heteroatoms. The van der Waals surface area contributed by atoms with Gasteiger partial charge in [-0.25, -0.2) is 4.98 Å². The van der Waals surface area contributed by atoms with E-state index in [1.165, 1.54) is 0 Å². The fourth-order valence-electron chi connectivity index (χ4n) is 2.73. The van der Waals surface area contributed by atoms with Gasteiger partial charge in [-0.1, -0.05) is 50.2 Å².